The Kier molecular flexibility index (Phi) is 3.71. The SMILES string of the molecule is FC(F)(F)CONCc1ccsc1. The molecule has 0 amide bonds. The van der Waals surface area contributed by atoms with E-state index in [0.29, 0.717) is 6.54 Å². The second-order valence-electron chi connectivity index (χ2n) is 2.36. The maximum atomic E-state index is 11.6. The van der Waals surface area contributed by atoms with Gasteiger partial charge in [-0.05, 0) is 22.4 Å². The molecule has 1 aromatic heterocycles. The second kappa shape index (κ2) is 4.59. The molecule has 0 spiro atoms. The first-order chi connectivity index (χ1) is 6.08. The van der Waals surface area contributed by atoms with Crippen molar-refractivity contribution in [3.8, 4) is 0 Å². The minimum atomic E-state index is -4.28. The zero-order valence-corrected chi connectivity index (χ0v) is 7.41. The molecular weight excluding hydrogens is 203 g/mol. The Hall–Kier alpha value is -0.590. The zero-order valence-electron chi connectivity index (χ0n) is 6.60. The van der Waals surface area contributed by atoms with Crippen molar-refractivity contribution in [1.82, 2.24) is 5.48 Å². The van der Waals surface area contributed by atoms with Crippen molar-refractivity contribution in [2.75, 3.05) is 6.61 Å². The molecule has 0 radical (unpaired) electrons. The van der Waals surface area contributed by atoms with Gasteiger partial charge in [-0.2, -0.15) is 30.0 Å². The van der Waals surface area contributed by atoms with Crippen molar-refractivity contribution >= 4 is 11.3 Å². The topological polar surface area (TPSA) is 21.3 Å². The predicted octanol–water partition coefficient (Wildman–Crippen LogP) is 2.33. The normalized spacial score (nSPS) is 11.9. The molecule has 0 aliphatic heterocycles. The van der Waals surface area contributed by atoms with Gasteiger partial charge in [-0.3, -0.25) is 4.84 Å². The first-order valence-electron chi connectivity index (χ1n) is 3.50. The molecule has 0 aromatic carbocycles. The molecule has 0 aliphatic carbocycles. The van der Waals surface area contributed by atoms with Crippen molar-refractivity contribution < 1.29 is 18.0 Å². The van der Waals surface area contributed by atoms with E-state index >= 15 is 0 Å². The van der Waals surface area contributed by atoms with Crippen molar-refractivity contribution in [3.63, 3.8) is 0 Å². The fourth-order valence-electron chi connectivity index (χ4n) is 0.660. The van der Waals surface area contributed by atoms with Crippen LogP contribution in [0.1, 0.15) is 5.56 Å². The quantitative estimate of drug-likeness (QED) is 0.609. The van der Waals surface area contributed by atoms with E-state index in [1.165, 1.54) is 11.3 Å². The Bertz CT molecular complexity index is 234. The van der Waals surface area contributed by atoms with Gasteiger partial charge >= 0.3 is 6.18 Å². The van der Waals surface area contributed by atoms with Gasteiger partial charge in [0, 0.05) is 6.54 Å². The number of alkyl halides is 3. The fourth-order valence-corrected chi connectivity index (χ4v) is 1.33. The maximum Gasteiger partial charge on any atom is 0.413 e. The Morgan fingerprint density at radius 2 is 2.23 bits per heavy atom. The van der Waals surface area contributed by atoms with Crippen LogP contribution in [0.2, 0.25) is 0 Å². The van der Waals surface area contributed by atoms with Gasteiger partial charge in [0.05, 0.1) is 0 Å². The summed E-state index contributed by atoms with van der Waals surface area (Å²) in [7, 11) is 0. The predicted molar refractivity (Wildman–Crippen MR) is 43.2 cm³/mol. The Balaban J connectivity index is 2.09. The van der Waals surface area contributed by atoms with Gasteiger partial charge in [0.1, 0.15) is 0 Å². The molecule has 6 heteroatoms. The summed E-state index contributed by atoms with van der Waals surface area (Å²) in [6.07, 6.45) is -4.28. The molecule has 0 fully saturated rings. The number of halogens is 3. The third kappa shape index (κ3) is 4.87. The average molecular weight is 211 g/mol. The first kappa shape index (κ1) is 10.5. The minimum absolute atomic E-state index is 0.291. The first-order valence-corrected chi connectivity index (χ1v) is 4.45. The van der Waals surface area contributed by atoms with E-state index in [0.717, 1.165) is 5.56 Å². The van der Waals surface area contributed by atoms with Gasteiger partial charge in [-0.1, -0.05) is 0 Å². The fraction of sp³-hybridized carbons (Fsp3) is 0.429. The maximum absolute atomic E-state index is 11.6. The lowest BCUT2D eigenvalue weighted by Crippen LogP contribution is -2.24. The molecule has 13 heavy (non-hydrogen) atoms. The van der Waals surface area contributed by atoms with Gasteiger partial charge in [-0.25, -0.2) is 0 Å². The minimum Gasteiger partial charge on any atom is -0.292 e. The summed E-state index contributed by atoms with van der Waals surface area (Å²) in [6, 6.07) is 1.81. The highest BCUT2D eigenvalue weighted by Gasteiger charge is 2.27. The van der Waals surface area contributed by atoms with Crippen LogP contribution < -0.4 is 5.48 Å². The molecule has 1 N–H and O–H groups in total. The van der Waals surface area contributed by atoms with Crippen molar-refractivity contribution in [2.45, 2.75) is 12.7 Å². The van der Waals surface area contributed by atoms with Crippen LogP contribution in [0.25, 0.3) is 0 Å². The van der Waals surface area contributed by atoms with Crippen molar-refractivity contribution in [3.05, 3.63) is 22.4 Å². The molecular formula is C7H8F3NOS. The summed E-state index contributed by atoms with van der Waals surface area (Å²) in [5, 5.41) is 3.69. The van der Waals surface area contributed by atoms with E-state index in [1.54, 1.807) is 0 Å². The number of rotatable bonds is 4. The van der Waals surface area contributed by atoms with Crippen LogP contribution in [0.5, 0.6) is 0 Å². The van der Waals surface area contributed by atoms with Crippen molar-refractivity contribution in [2.24, 2.45) is 0 Å². The molecule has 0 atom stereocenters. The largest absolute Gasteiger partial charge is 0.413 e. The van der Waals surface area contributed by atoms with E-state index < -0.39 is 12.8 Å². The lowest BCUT2D eigenvalue weighted by molar-refractivity contribution is -0.190. The second-order valence-corrected chi connectivity index (χ2v) is 3.14. The summed E-state index contributed by atoms with van der Waals surface area (Å²) in [5.41, 5.74) is 3.14. The Labute approximate surface area is 77.3 Å². The molecule has 1 rings (SSSR count). The third-order valence-corrected chi connectivity index (χ3v) is 1.93. The van der Waals surface area contributed by atoms with E-state index in [1.807, 2.05) is 16.8 Å². The van der Waals surface area contributed by atoms with E-state index in [2.05, 4.69) is 10.3 Å². The average Bonchev–Trinajstić information content (AvgIpc) is 2.48. The number of hydroxylamine groups is 1. The van der Waals surface area contributed by atoms with Crippen LogP contribution >= 0.6 is 11.3 Å². The number of thiophene rings is 1. The molecule has 0 saturated heterocycles. The van der Waals surface area contributed by atoms with Crippen LogP contribution in [0.15, 0.2) is 16.8 Å². The monoisotopic (exact) mass is 211 g/mol. The molecule has 0 bridgehead atoms. The molecule has 0 aliphatic rings. The lowest BCUT2D eigenvalue weighted by Gasteiger charge is -2.07. The molecule has 0 saturated carbocycles. The van der Waals surface area contributed by atoms with Crippen molar-refractivity contribution in [1.29, 1.82) is 0 Å². The molecule has 0 unspecified atom stereocenters. The van der Waals surface area contributed by atoms with Crippen LogP contribution in [0.4, 0.5) is 13.2 Å². The molecule has 1 heterocycles. The van der Waals surface area contributed by atoms with Gasteiger partial charge in [-0.15, -0.1) is 0 Å². The Morgan fingerprint density at radius 3 is 2.77 bits per heavy atom. The summed E-state index contributed by atoms with van der Waals surface area (Å²) >= 11 is 1.49. The standard InChI is InChI=1S/C7H8F3NOS/c8-7(9,10)5-12-11-3-6-1-2-13-4-6/h1-2,4,11H,3,5H2. The highest BCUT2D eigenvalue weighted by atomic mass is 32.1. The molecule has 1 aromatic rings. The Morgan fingerprint density at radius 1 is 1.46 bits per heavy atom. The lowest BCUT2D eigenvalue weighted by atomic mass is 10.4. The third-order valence-electron chi connectivity index (χ3n) is 1.19. The van der Waals surface area contributed by atoms with Gasteiger partial charge in [0.15, 0.2) is 6.61 Å². The number of nitrogens with one attached hydrogen (secondary N) is 1. The van der Waals surface area contributed by atoms with Gasteiger partial charge < -0.3 is 0 Å². The highest BCUT2D eigenvalue weighted by Crippen LogP contribution is 2.13. The van der Waals surface area contributed by atoms with Crippen LogP contribution in [0.3, 0.4) is 0 Å². The van der Waals surface area contributed by atoms with Gasteiger partial charge in [0.25, 0.3) is 0 Å². The number of hydrogen-bond acceptors (Lipinski definition) is 3. The number of hydrogen-bond donors (Lipinski definition) is 1. The highest BCUT2D eigenvalue weighted by molar-refractivity contribution is 7.07. The molecule has 2 nitrogen and oxygen atoms in total. The summed E-state index contributed by atoms with van der Waals surface area (Å²) in [4.78, 5) is 4.20. The summed E-state index contributed by atoms with van der Waals surface area (Å²) in [6.45, 7) is -0.975. The van der Waals surface area contributed by atoms with Crippen LogP contribution in [-0.2, 0) is 11.4 Å². The van der Waals surface area contributed by atoms with E-state index in [9.17, 15) is 13.2 Å². The molecule has 74 valence electrons. The summed E-state index contributed by atoms with van der Waals surface area (Å²) < 4.78 is 34.7. The smallest absolute Gasteiger partial charge is 0.292 e. The van der Waals surface area contributed by atoms with Gasteiger partial charge in [0.2, 0.25) is 0 Å². The zero-order chi connectivity index (χ0) is 9.73. The van der Waals surface area contributed by atoms with Crippen LogP contribution in [-0.4, -0.2) is 12.8 Å². The van der Waals surface area contributed by atoms with E-state index in [4.69, 9.17) is 0 Å². The van der Waals surface area contributed by atoms with Crippen LogP contribution in [0, 0.1) is 0 Å². The summed E-state index contributed by atoms with van der Waals surface area (Å²) in [5.74, 6) is 0. The van der Waals surface area contributed by atoms with E-state index in [-0.39, 0.29) is 0 Å².